The molecule has 2 heterocycles. The van der Waals surface area contributed by atoms with Gasteiger partial charge in [0.2, 0.25) is 0 Å². The van der Waals surface area contributed by atoms with Gasteiger partial charge in [-0.3, -0.25) is 4.57 Å². The number of aryl methyl sites for hydroxylation is 1. The Morgan fingerprint density at radius 2 is 2.35 bits per heavy atom. The number of benzene rings is 1. The number of hydrogen-bond donors (Lipinski definition) is 2. The minimum atomic E-state index is -0.293. The molecule has 1 fully saturated rings. The summed E-state index contributed by atoms with van der Waals surface area (Å²) in [6.07, 6.45) is 2.57. The van der Waals surface area contributed by atoms with E-state index in [-0.39, 0.29) is 18.4 Å². The van der Waals surface area contributed by atoms with Crippen LogP contribution in [0.25, 0.3) is 11.1 Å². The van der Waals surface area contributed by atoms with Crippen LogP contribution < -0.4 is 11.1 Å². The van der Waals surface area contributed by atoms with Crippen LogP contribution in [-0.4, -0.2) is 29.4 Å². The largest absolute Gasteiger partial charge is 0.420 e. The van der Waals surface area contributed by atoms with Crippen molar-refractivity contribution in [3.8, 4) is 0 Å². The lowest BCUT2D eigenvalue weighted by Gasteiger charge is -2.23. The molecule has 0 spiro atoms. The number of piperidine rings is 1. The number of fused-ring (bicyclic) bond motifs is 1. The Hall–Kier alpha value is -1.59. The first kappa shape index (κ1) is 13.4. The van der Waals surface area contributed by atoms with Crippen LogP contribution in [0.4, 0.5) is 0 Å². The zero-order valence-corrected chi connectivity index (χ0v) is 11.7. The number of nitrogens with one attached hydrogen (secondary N) is 1. The van der Waals surface area contributed by atoms with E-state index >= 15 is 0 Å². The summed E-state index contributed by atoms with van der Waals surface area (Å²) in [4.78, 5) is 12.2. The molecule has 1 atom stereocenters. The van der Waals surface area contributed by atoms with Gasteiger partial charge in [-0.2, -0.15) is 0 Å². The third kappa shape index (κ3) is 2.27. The van der Waals surface area contributed by atoms with E-state index in [0.717, 1.165) is 42.6 Å². The summed E-state index contributed by atoms with van der Waals surface area (Å²) in [5, 5.41) is 12.5. The summed E-state index contributed by atoms with van der Waals surface area (Å²) in [7, 11) is 0. The molecule has 1 aromatic heterocycles. The standard InChI is InChI=1S/C15H20N2O3/c1-10-7-11(4-6-18)14-13(8-10)17(15(19)20-14)12-3-2-5-16-9-12/h7-8,12,16,18H,2-6,9H2,1H3. The Morgan fingerprint density at radius 1 is 1.50 bits per heavy atom. The van der Waals surface area contributed by atoms with Crippen molar-refractivity contribution < 1.29 is 9.52 Å². The van der Waals surface area contributed by atoms with Gasteiger partial charge in [0, 0.05) is 13.2 Å². The summed E-state index contributed by atoms with van der Waals surface area (Å²) < 4.78 is 7.23. The molecule has 5 heteroatoms. The van der Waals surface area contributed by atoms with E-state index in [1.807, 2.05) is 19.1 Å². The van der Waals surface area contributed by atoms with E-state index in [0.29, 0.717) is 12.0 Å². The third-order valence-electron chi connectivity index (χ3n) is 3.95. The van der Waals surface area contributed by atoms with Gasteiger partial charge < -0.3 is 14.8 Å². The zero-order chi connectivity index (χ0) is 14.1. The maximum Gasteiger partial charge on any atom is 0.420 e. The second kappa shape index (κ2) is 5.42. The van der Waals surface area contributed by atoms with Gasteiger partial charge in [-0.25, -0.2) is 4.79 Å². The first-order valence-electron chi connectivity index (χ1n) is 7.17. The Balaban J connectivity index is 2.16. The predicted molar refractivity (Wildman–Crippen MR) is 77.1 cm³/mol. The SMILES string of the molecule is Cc1cc(CCO)c2oc(=O)n(C3CCCNC3)c2c1. The molecule has 1 aromatic carbocycles. The second-order valence-corrected chi connectivity index (χ2v) is 5.48. The van der Waals surface area contributed by atoms with Crippen LogP contribution in [-0.2, 0) is 6.42 Å². The van der Waals surface area contributed by atoms with Crippen LogP contribution in [0.1, 0.15) is 30.0 Å². The third-order valence-corrected chi connectivity index (χ3v) is 3.95. The number of rotatable bonds is 3. The molecule has 20 heavy (non-hydrogen) atoms. The fourth-order valence-electron chi connectivity index (χ4n) is 3.07. The molecule has 3 rings (SSSR count). The first-order valence-corrected chi connectivity index (χ1v) is 7.17. The fourth-order valence-corrected chi connectivity index (χ4v) is 3.07. The smallest absolute Gasteiger partial charge is 0.407 e. The molecule has 1 aliphatic heterocycles. The van der Waals surface area contributed by atoms with Crippen molar-refractivity contribution in [3.05, 3.63) is 33.8 Å². The van der Waals surface area contributed by atoms with Gasteiger partial charge in [-0.15, -0.1) is 0 Å². The Kier molecular flexibility index (Phi) is 3.63. The Morgan fingerprint density at radius 3 is 3.05 bits per heavy atom. The summed E-state index contributed by atoms with van der Waals surface area (Å²) in [5.41, 5.74) is 3.47. The molecule has 5 nitrogen and oxygen atoms in total. The first-order chi connectivity index (χ1) is 9.70. The van der Waals surface area contributed by atoms with E-state index in [4.69, 9.17) is 9.52 Å². The molecule has 108 valence electrons. The number of aromatic nitrogens is 1. The lowest BCUT2D eigenvalue weighted by atomic mass is 10.1. The summed E-state index contributed by atoms with van der Waals surface area (Å²) in [6.45, 7) is 3.87. The van der Waals surface area contributed by atoms with Gasteiger partial charge in [0.25, 0.3) is 0 Å². The molecule has 2 aromatic rings. The molecular formula is C15H20N2O3. The number of nitrogens with zero attached hydrogens (tertiary/aromatic N) is 1. The van der Waals surface area contributed by atoms with Crippen LogP contribution >= 0.6 is 0 Å². The van der Waals surface area contributed by atoms with E-state index in [1.165, 1.54) is 0 Å². The van der Waals surface area contributed by atoms with Crippen molar-refractivity contribution >= 4 is 11.1 Å². The summed E-state index contributed by atoms with van der Waals surface area (Å²) in [5.74, 6) is -0.293. The van der Waals surface area contributed by atoms with Gasteiger partial charge in [-0.1, -0.05) is 6.07 Å². The van der Waals surface area contributed by atoms with Crippen LogP contribution in [0.2, 0.25) is 0 Å². The van der Waals surface area contributed by atoms with Crippen LogP contribution in [0.15, 0.2) is 21.3 Å². The molecular weight excluding hydrogens is 256 g/mol. The monoisotopic (exact) mass is 276 g/mol. The van der Waals surface area contributed by atoms with E-state index in [9.17, 15) is 4.79 Å². The van der Waals surface area contributed by atoms with Crippen molar-refractivity contribution in [2.45, 2.75) is 32.2 Å². The topological polar surface area (TPSA) is 67.4 Å². The van der Waals surface area contributed by atoms with Crippen molar-refractivity contribution in [2.24, 2.45) is 0 Å². The fraction of sp³-hybridized carbons (Fsp3) is 0.533. The molecule has 1 aliphatic rings. The second-order valence-electron chi connectivity index (χ2n) is 5.48. The van der Waals surface area contributed by atoms with Crippen molar-refractivity contribution in [3.63, 3.8) is 0 Å². The average molecular weight is 276 g/mol. The van der Waals surface area contributed by atoms with Gasteiger partial charge >= 0.3 is 5.76 Å². The molecule has 0 bridgehead atoms. The number of aliphatic hydroxyl groups excluding tert-OH is 1. The molecule has 2 N–H and O–H groups in total. The van der Waals surface area contributed by atoms with Gasteiger partial charge in [0.05, 0.1) is 11.6 Å². The maximum absolute atomic E-state index is 12.2. The van der Waals surface area contributed by atoms with E-state index in [1.54, 1.807) is 4.57 Å². The highest BCUT2D eigenvalue weighted by atomic mass is 16.4. The van der Waals surface area contributed by atoms with Crippen molar-refractivity contribution in [1.82, 2.24) is 9.88 Å². The molecule has 0 aliphatic carbocycles. The number of hydrogen-bond acceptors (Lipinski definition) is 4. The average Bonchev–Trinajstić information content (AvgIpc) is 2.76. The summed E-state index contributed by atoms with van der Waals surface area (Å²) >= 11 is 0. The van der Waals surface area contributed by atoms with Gasteiger partial charge in [-0.05, 0) is 49.9 Å². The van der Waals surface area contributed by atoms with Crippen LogP contribution in [0.5, 0.6) is 0 Å². The number of oxazole rings is 1. The van der Waals surface area contributed by atoms with E-state index in [2.05, 4.69) is 5.32 Å². The Bertz CT molecular complexity index is 666. The lowest BCUT2D eigenvalue weighted by Crippen LogP contribution is -2.35. The highest BCUT2D eigenvalue weighted by Crippen LogP contribution is 2.25. The van der Waals surface area contributed by atoms with Gasteiger partial charge in [0.1, 0.15) is 0 Å². The highest BCUT2D eigenvalue weighted by Gasteiger charge is 2.22. The Labute approximate surface area is 117 Å². The molecule has 0 amide bonds. The lowest BCUT2D eigenvalue weighted by molar-refractivity contribution is 0.299. The van der Waals surface area contributed by atoms with Gasteiger partial charge in [0.15, 0.2) is 5.58 Å². The minimum absolute atomic E-state index is 0.0540. The zero-order valence-electron chi connectivity index (χ0n) is 11.7. The molecule has 1 unspecified atom stereocenters. The van der Waals surface area contributed by atoms with Crippen LogP contribution in [0.3, 0.4) is 0 Å². The molecule has 0 radical (unpaired) electrons. The molecule has 0 saturated carbocycles. The predicted octanol–water partition coefficient (Wildman–Crippen LogP) is 1.36. The van der Waals surface area contributed by atoms with Crippen molar-refractivity contribution in [2.75, 3.05) is 19.7 Å². The quantitative estimate of drug-likeness (QED) is 0.888. The summed E-state index contributed by atoms with van der Waals surface area (Å²) in [6, 6.07) is 4.13. The minimum Gasteiger partial charge on any atom is -0.407 e. The maximum atomic E-state index is 12.2. The highest BCUT2D eigenvalue weighted by molar-refractivity contribution is 5.78. The van der Waals surface area contributed by atoms with Crippen molar-refractivity contribution in [1.29, 1.82) is 0 Å². The normalized spacial score (nSPS) is 19.6. The molecule has 1 saturated heterocycles. The number of aliphatic hydroxyl groups is 1. The van der Waals surface area contributed by atoms with E-state index < -0.39 is 0 Å². The van der Waals surface area contributed by atoms with Crippen LogP contribution in [0, 0.1) is 6.92 Å².